The van der Waals surface area contributed by atoms with E-state index in [9.17, 15) is 26.7 Å². The van der Waals surface area contributed by atoms with Gasteiger partial charge in [-0.2, -0.15) is 0 Å². The molecule has 0 spiro atoms. The Kier molecular flexibility index (Phi) is 7.12. The largest absolute Gasteiger partial charge is 0.608 e. The summed E-state index contributed by atoms with van der Waals surface area (Å²) in [6.45, 7) is 0. The van der Waals surface area contributed by atoms with Crippen LogP contribution in [0.1, 0.15) is 11.1 Å². The Morgan fingerprint density at radius 3 is 1.48 bits per heavy atom. The molecule has 2 nitrogen and oxygen atoms in total. The number of halogens is 4. The van der Waals surface area contributed by atoms with Crippen molar-refractivity contribution in [3.05, 3.63) is 81.6 Å². The Morgan fingerprint density at radius 1 is 0.720 bits per heavy atom. The molecule has 0 aliphatic heterocycles. The lowest BCUT2D eigenvalue weighted by atomic mass is 10.2. The van der Waals surface area contributed by atoms with E-state index < -0.39 is 45.6 Å². The number of hydrogen-bond donors (Lipinski definition) is 0. The van der Waals surface area contributed by atoms with Gasteiger partial charge in [0.1, 0.15) is 34.1 Å². The summed E-state index contributed by atoms with van der Waals surface area (Å²) < 4.78 is 76.0. The van der Waals surface area contributed by atoms with Gasteiger partial charge in [0.25, 0.3) is 5.08 Å². The van der Waals surface area contributed by atoms with E-state index in [0.717, 1.165) is 22.9 Å². The maximum atomic E-state index is 13.4. The summed E-state index contributed by atoms with van der Waals surface area (Å²) in [5, 5.41) is 2.00. The van der Waals surface area contributed by atoms with Gasteiger partial charge in [0, 0.05) is 45.6 Å². The molecule has 0 heterocycles. The molecule has 0 aliphatic rings. The fourth-order valence-corrected chi connectivity index (χ4v) is 3.91. The molecular weight excluding hydrogens is 376 g/mol. The minimum absolute atomic E-state index is 0.0458. The van der Waals surface area contributed by atoms with Crippen molar-refractivity contribution >= 4 is 34.5 Å². The van der Waals surface area contributed by atoms with Crippen LogP contribution in [0.2, 0.25) is 0 Å². The van der Waals surface area contributed by atoms with Crippen LogP contribution in [-0.2, 0) is 22.4 Å². The molecule has 0 saturated carbocycles. The van der Waals surface area contributed by atoms with Crippen LogP contribution in [0, 0.1) is 23.3 Å². The second-order valence-corrected chi connectivity index (χ2v) is 7.83. The van der Waals surface area contributed by atoms with E-state index >= 15 is 0 Å². The van der Waals surface area contributed by atoms with Crippen molar-refractivity contribution in [3.63, 3.8) is 0 Å². The molecule has 0 aromatic heterocycles. The molecule has 132 valence electrons. The first-order chi connectivity index (χ1) is 11.8. The average molecular weight is 388 g/mol. The lowest BCUT2D eigenvalue weighted by Gasteiger charge is -2.07. The third-order valence-electron chi connectivity index (χ3n) is 2.96. The zero-order valence-corrected chi connectivity index (χ0v) is 14.3. The molecule has 8 heteroatoms. The van der Waals surface area contributed by atoms with Crippen molar-refractivity contribution in [2.24, 2.45) is 0 Å². The predicted molar refractivity (Wildman–Crippen MR) is 91.9 cm³/mol. The van der Waals surface area contributed by atoms with Gasteiger partial charge in [0.15, 0.2) is 0 Å². The Hall–Kier alpha value is -1.74. The molecule has 2 aromatic rings. The van der Waals surface area contributed by atoms with E-state index in [0.29, 0.717) is 12.1 Å². The van der Waals surface area contributed by atoms with Crippen LogP contribution < -0.4 is 0 Å². The zero-order valence-electron chi connectivity index (χ0n) is 12.6. The van der Waals surface area contributed by atoms with Crippen LogP contribution in [-0.4, -0.2) is 14.2 Å². The highest BCUT2D eigenvalue weighted by Gasteiger charge is 2.13. The van der Waals surface area contributed by atoms with Crippen LogP contribution >= 0.6 is 0 Å². The summed E-state index contributed by atoms with van der Waals surface area (Å²) in [4.78, 5) is 0. The first-order valence-electron chi connectivity index (χ1n) is 6.86. The first-order valence-corrected chi connectivity index (χ1v) is 9.62. The van der Waals surface area contributed by atoms with Crippen molar-refractivity contribution in [2.45, 2.75) is 0 Å². The Morgan fingerprint density at radius 2 is 1.12 bits per heavy atom. The van der Waals surface area contributed by atoms with E-state index in [1.54, 1.807) is 0 Å². The van der Waals surface area contributed by atoms with Gasteiger partial charge in [0.2, 0.25) is 0 Å². The second-order valence-electron chi connectivity index (χ2n) is 4.82. The quantitative estimate of drug-likeness (QED) is 0.546. The van der Waals surface area contributed by atoms with Gasteiger partial charge in [0.05, 0.1) is 0 Å². The maximum absolute atomic E-state index is 13.4. The molecule has 2 atom stereocenters. The Labute approximate surface area is 148 Å². The second kappa shape index (κ2) is 9.10. The molecule has 0 bridgehead atoms. The molecule has 0 amide bonds. The van der Waals surface area contributed by atoms with Crippen LogP contribution in [0.4, 0.5) is 17.6 Å². The molecule has 0 N–H and O–H groups in total. The molecular formula is C17H12F4O2S2. The molecule has 2 rings (SSSR count). The third kappa shape index (κ3) is 6.24. The van der Waals surface area contributed by atoms with Crippen LogP contribution in [0.25, 0.3) is 12.2 Å². The Bertz CT molecular complexity index is 731. The zero-order chi connectivity index (χ0) is 18.4. The minimum Gasteiger partial charge on any atom is -0.608 e. The van der Waals surface area contributed by atoms with Gasteiger partial charge < -0.3 is 9.11 Å². The monoisotopic (exact) mass is 388 g/mol. The van der Waals surface area contributed by atoms with Crippen molar-refractivity contribution < 1.29 is 26.7 Å². The van der Waals surface area contributed by atoms with Crippen molar-refractivity contribution in [1.82, 2.24) is 0 Å². The molecule has 0 radical (unpaired) electrons. The molecule has 2 unspecified atom stereocenters. The standard InChI is InChI=1S/C17H12F4O2S2/c18-14-3-1-12(16(20)9-14)5-7-24(22)11-25(23)8-6-13-2-4-15(19)10-17(13)21/h1-10H,11H2. The highest BCUT2D eigenvalue weighted by Crippen LogP contribution is 2.15. The summed E-state index contributed by atoms with van der Waals surface area (Å²) in [5.41, 5.74) is 0.0916. The third-order valence-corrected chi connectivity index (χ3v) is 5.69. The topological polar surface area (TPSA) is 46.1 Å². The van der Waals surface area contributed by atoms with E-state index in [1.165, 1.54) is 24.3 Å². The van der Waals surface area contributed by atoms with E-state index in [4.69, 9.17) is 0 Å². The summed E-state index contributed by atoms with van der Waals surface area (Å²) in [6, 6.07) is 5.88. The lowest BCUT2D eigenvalue weighted by molar-refractivity contribution is 0.581. The van der Waals surface area contributed by atoms with E-state index in [-0.39, 0.29) is 16.2 Å². The van der Waals surface area contributed by atoms with Crippen LogP contribution in [0.5, 0.6) is 0 Å². The van der Waals surface area contributed by atoms with E-state index in [2.05, 4.69) is 0 Å². The molecule has 0 fully saturated rings. The molecule has 0 aliphatic carbocycles. The van der Waals surface area contributed by atoms with Crippen molar-refractivity contribution in [2.75, 3.05) is 5.08 Å². The van der Waals surface area contributed by atoms with Gasteiger partial charge in [-0.1, -0.05) is 0 Å². The number of rotatable bonds is 6. The van der Waals surface area contributed by atoms with Gasteiger partial charge in [-0.25, -0.2) is 17.6 Å². The summed E-state index contributed by atoms with van der Waals surface area (Å²) in [5.74, 6) is -3.06. The maximum Gasteiger partial charge on any atom is 0.262 e. The Balaban J connectivity index is 1.94. The lowest BCUT2D eigenvalue weighted by Crippen LogP contribution is -2.12. The van der Waals surface area contributed by atoms with Crippen molar-refractivity contribution in [1.29, 1.82) is 0 Å². The van der Waals surface area contributed by atoms with Gasteiger partial charge in [-0.15, -0.1) is 0 Å². The van der Waals surface area contributed by atoms with Crippen molar-refractivity contribution in [3.8, 4) is 0 Å². The van der Waals surface area contributed by atoms with Gasteiger partial charge in [-0.3, -0.25) is 0 Å². The fourth-order valence-electron chi connectivity index (χ4n) is 1.76. The molecule has 25 heavy (non-hydrogen) atoms. The molecule has 0 saturated heterocycles. The smallest absolute Gasteiger partial charge is 0.262 e. The summed E-state index contributed by atoms with van der Waals surface area (Å²) in [6.07, 6.45) is 2.40. The summed E-state index contributed by atoms with van der Waals surface area (Å²) in [7, 11) is 0. The first kappa shape index (κ1) is 19.6. The average Bonchev–Trinajstić information content (AvgIpc) is 2.53. The minimum atomic E-state index is -1.68. The number of hydrogen-bond acceptors (Lipinski definition) is 2. The van der Waals surface area contributed by atoms with Gasteiger partial charge in [-0.05, 0) is 36.4 Å². The number of benzene rings is 2. The van der Waals surface area contributed by atoms with Crippen LogP contribution in [0.3, 0.4) is 0 Å². The summed E-state index contributed by atoms with van der Waals surface area (Å²) >= 11 is -3.35. The SMILES string of the molecule is [O-][S+](C=Cc1ccc(F)cc1F)C[S+]([O-])C=Cc1ccc(F)cc1F. The highest BCUT2D eigenvalue weighted by atomic mass is 32.3. The van der Waals surface area contributed by atoms with Crippen LogP contribution in [0.15, 0.2) is 47.2 Å². The van der Waals surface area contributed by atoms with E-state index in [1.807, 2.05) is 0 Å². The fraction of sp³-hybridized carbons (Fsp3) is 0.0588. The molecule has 2 aromatic carbocycles. The van der Waals surface area contributed by atoms with Gasteiger partial charge >= 0.3 is 0 Å². The highest BCUT2D eigenvalue weighted by molar-refractivity contribution is 8.10. The predicted octanol–water partition coefficient (Wildman–Crippen LogP) is 4.34. The normalized spacial score (nSPS) is 14.3.